The Morgan fingerprint density at radius 2 is 2.32 bits per heavy atom. The Morgan fingerprint density at radius 1 is 1.47 bits per heavy atom. The second-order valence-corrected chi connectivity index (χ2v) is 5.65. The summed E-state index contributed by atoms with van der Waals surface area (Å²) in [7, 11) is 0. The van der Waals surface area contributed by atoms with E-state index in [2.05, 4.69) is 4.98 Å². The topological polar surface area (TPSA) is 63.5 Å². The monoisotopic (exact) mass is 275 g/mol. The number of nitrogens with zero attached hydrogens (tertiary/aromatic N) is 2. The molecule has 1 saturated carbocycles. The number of imidazole rings is 1. The van der Waals surface area contributed by atoms with Crippen molar-refractivity contribution in [1.29, 1.82) is 0 Å². The Kier molecular flexibility index (Phi) is 3.03. The van der Waals surface area contributed by atoms with Crippen LogP contribution in [-0.4, -0.2) is 25.6 Å². The summed E-state index contributed by atoms with van der Waals surface area (Å²) in [6.45, 7) is 0. The van der Waals surface area contributed by atoms with Crippen LogP contribution in [0.15, 0.2) is 30.7 Å². The van der Waals surface area contributed by atoms with Crippen LogP contribution in [0.1, 0.15) is 31.2 Å². The van der Waals surface area contributed by atoms with Crippen molar-refractivity contribution in [3.63, 3.8) is 0 Å². The van der Waals surface area contributed by atoms with Crippen molar-refractivity contribution in [2.75, 3.05) is 0 Å². The van der Waals surface area contributed by atoms with E-state index in [-0.39, 0.29) is 0 Å². The summed E-state index contributed by atoms with van der Waals surface area (Å²) in [5.41, 5.74) is 7.26. The van der Waals surface area contributed by atoms with Crippen molar-refractivity contribution >= 4 is 22.9 Å². The number of hydrogen-bond donors (Lipinski definition) is 2. The molecular formula is C14H17N3OS. The molecule has 1 fully saturated rings. The van der Waals surface area contributed by atoms with Crippen molar-refractivity contribution in [2.24, 2.45) is 5.73 Å². The van der Waals surface area contributed by atoms with E-state index in [4.69, 9.17) is 18.0 Å². The van der Waals surface area contributed by atoms with E-state index < -0.39 is 11.5 Å². The lowest BCUT2D eigenvalue weighted by atomic mass is 9.67. The van der Waals surface area contributed by atoms with Crippen LogP contribution in [0.4, 0.5) is 0 Å². The maximum atomic E-state index is 10.5. The largest absolute Gasteiger partial charge is 0.392 e. The number of rotatable bonds is 2. The lowest BCUT2D eigenvalue weighted by molar-refractivity contribution is 0.0784. The SMILES string of the molecule is NC(=S)C1(c2ccc3nccn3c2)CCCCC1O. The number of aliphatic hydroxyl groups is 1. The van der Waals surface area contributed by atoms with Gasteiger partial charge in [0.15, 0.2) is 0 Å². The average Bonchev–Trinajstić information content (AvgIpc) is 2.86. The second kappa shape index (κ2) is 4.58. The first-order valence-corrected chi connectivity index (χ1v) is 6.96. The molecule has 0 radical (unpaired) electrons. The zero-order valence-electron chi connectivity index (χ0n) is 10.6. The highest BCUT2D eigenvalue weighted by Gasteiger charge is 2.44. The standard InChI is InChI=1S/C14H17N3OS/c15-13(19)14(6-2-1-3-11(14)18)10-4-5-12-16-7-8-17(12)9-10/h4-5,7-9,11,18H,1-3,6H2,(H2,15,19). The molecule has 0 amide bonds. The summed E-state index contributed by atoms with van der Waals surface area (Å²) in [5.74, 6) is 0. The molecule has 1 aliphatic carbocycles. The van der Waals surface area contributed by atoms with E-state index in [1.165, 1.54) is 0 Å². The van der Waals surface area contributed by atoms with Gasteiger partial charge in [0.25, 0.3) is 0 Å². The van der Waals surface area contributed by atoms with Crippen LogP contribution >= 0.6 is 12.2 Å². The van der Waals surface area contributed by atoms with Crippen LogP contribution in [0.2, 0.25) is 0 Å². The lowest BCUT2D eigenvalue weighted by Gasteiger charge is -2.41. The van der Waals surface area contributed by atoms with Gasteiger partial charge in [-0.05, 0) is 24.5 Å². The van der Waals surface area contributed by atoms with Crippen LogP contribution < -0.4 is 5.73 Å². The molecule has 3 N–H and O–H groups in total. The third kappa shape index (κ3) is 1.84. The molecule has 100 valence electrons. The van der Waals surface area contributed by atoms with Crippen LogP contribution in [0.25, 0.3) is 5.65 Å². The van der Waals surface area contributed by atoms with Gasteiger partial charge in [-0.3, -0.25) is 0 Å². The Labute approximate surface area is 117 Å². The van der Waals surface area contributed by atoms with Gasteiger partial charge in [0.05, 0.1) is 16.5 Å². The van der Waals surface area contributed by atoms with Gasteiger partial charge in [-0.25, -0.2) is 4.98 Å². The average molecular weight is 275 g/mol. The van der Waals surface area contributed by atoms with Crippen molar-refractivity contribution in [3.8, 4) is 0 Å². The minimum atomic E-state index is -0.591. The molecule has 4 nitrogen and oxygen atoms in total. The molecule has 0 aliphatic heterocycles. The summed E-state index contributed by atoms with van der Waals surface area (Å²) >= 11 is 5.28. The number of hydrogen-bond acceptors (Lipinski definition) is 3. The third-order valence-electron chi connectivity index (χ3n) is 4.21. The van der Waals surface area contributed by atoms with Gasteiger partial charge >= 0.3 is 0 Å². The molecule has 3 rings (SSSR count). The van der Waals surface area contributed by atoms with Crippen molar-refractivity contribution in [2.45, 2.75) is 37.2 Å². The van der Waals surface area contributed by atoms with E-state index in [1.54, 1.807) is 6.20 Å². The lowest BCUT2D eigenvalue weighted by Crippen LogP contribution is -2.51. The van der Waals surface area contributed by atoms with E-state index in [0.717, 1.165) is 36.9 Å². The number of aromatic nitrogens is 2. The summed E-state index contributed by atoms with van der Waals surface area (Å²) < 4.78 is 1.94. The normalized spacial score (nSPS) is 27.5. The number of fused-ring (bicyclic) bond motifs is 1. The van der Waals surface area contributed by atoms with Crippen LogP contribution in [-0.2, 0) is 5.41 Å². The molecule has 0 spiro atoms. The van der Waals surface area contributed by atoms with Gasteiger partial charge in [0.2, 0.25) is 0 Å². The Bertz CT molecular complexity index is 624. The predicted molar refractivity (Wildman–Crippen MR) is 78.1 cm³/mol. The zero-order chi connectivity index (χ0) is 13.5. The van der Waals surface area contributed by atoms with Crippen molar-refractivity contribution in [1.82, 2.24) is 9.38 Å². The first kappa shape index (κ1) is 12.6. The fourth-order valence-electron chi connectivity index (χ4n) is 3.10. The highest BCUT2D eigenvalue weighted by Crippen LogP contribution is 2.40. The molecule has 0 bridgehead atoms. The van der Waals surface area contributed by atoms with E-state index in [9.17, 15) is 5.11 Å². The molecular weight excluding hydrogens is 258 g/mol. The number of thiocarbonyl (C=S) groups is 1. The van der Waals surface area contributed by atoms with Gasteiger partial charge in [0, 0.05) is 18.6 Å². The van der Waals surface area contributed by atoms with Crippen LogP contribution in [0.5, 0.6) is 0 Å². The maximum absolute atomic E-state index is 10.5. The molecule has 2 heterocycles. The quantitative estimate of drug-likeness (QED) is 0.820. The Morgan fingerprint density at radius 3 is 3.05 bits per heavy atom. The van der Waals surface area contributed by atoms with E-state index in [1.807, 2.05) is 28.9 Å². The summed E-state index contributed by atoms with van der Waals surface area (Å²) in [5, 5.41) is 10.5. The van der Waals surface area contributed by atoms with Gasteiger partial charge < -0.3 is 15.2 Å². The summed E-state index contributed by atoms with van der Waals surface area (Å²) in [4.78, 5) is 4.62. The molecule has 2 atom stereocenters. The second-order valence-electron chi connectivity index (χ2n) is 5.21. The Hall–Kier alpha value is -1.46. The molecule has 1 aliphatic rings. The molecule has 2 unspecified atom stereocenters. The van der Waals surface area contributed by atoms with Gasteiger partial charge in [0.1, 0.15) is 5.65 Å². The predicted octanol–water partition coefficient (Wildman–Crippen LogP) is 1.79. The molecule has 5 heteroatoms. The number of nitrogens with two attached hydrogens (primary N) is 1. The summed E-state index contributed by atoms with van der Waals surface area (Å²) in [6, 6.07) is 3.92. The van der Waals surface area contributed by atoms with Crippen molar-refractivity contribution < 1.29 is 5.11 Å². The highest BCUT2D eigenvalue weighted by molar-refractivity contribution is 7.80. The third-order valence-corrected chi connectivity index (χ3v) is 4.58. The molecule has 0 aromatic carbocycles. The first-order chi connectivity index (χ1) is 9.14. The van der Waals surface area contributed by atoms with E-state index >= 15 is 0 Å². The number of pyridine rings is 1. The zero-order valence-corrected chi connectivity index (χ0v) is 11.4. The highest BCUT2D eigenvalue weighted by atomic mass is 32.1. The van der Waals surface area contributed by atoms with E-state index in [0.29, 0.717) is 4.99 Å². The molecule has 2 aromatic rings. The maximum Gasteiger partial charge on any atom is 0.136 e. The molecule has 2 aromatic heterocycles. The molecule has 0 saturated heterocycles. The van der Waals surface area contributed by atoms with Crippen molar-refractivity contribution in [3.05, 3.63) is 36.3 Å². The number of aliphatic hydroxyl groups excluding tert-OH is 1. The van der Waals surface area contributed by atoms with Crippen LogP contribution in [0, 0.1) is 0 Å². The summed E-state index contributed by atoms with van der Waals surface area (Å²) in [6.07, 6.45) is 8.75. The minimum absolute atomic E-state index is 0.388. The van der Waals surface area contributed by atoms with Gasteiger partial charge in [-0.2, -0.15) is 0 Å². The van der Waals surface area contributed by atoms with Gasteiger partial charge in [-0.1, -0.05) is 31.1 Å². The van der Waals surface area contributed by atoms with Crippen LogP contribution in [0.3, 0.4) is 0 Å². The molecule has 19 heavy (non-hydrogen) atoms. The Balaban J connectivity index is 2.15. The fourth-order valence-corrected chi connectivity index (χ4v) is 3.46. The smallest absolute Gasteiger partial charge is 0.136 e. The first-order valence-electron chi connectivity index (χ1n) is 6.56. The fraction of sp³-hybridized carbons (Fsp3) is 0.429. The minimum Gasteiger partial charge on any atom is -0.392 e. The van der Waals surface area contributed by atoms with Gasteiger partial charge in [-0.15, -0.1) is 0 Å².